The Labute approximate surface area is 157 Å². The summed E-state index contributed by atoms with van der Waals surface area (Å²) in [5.74, 6) is 0.218. The standard InChI is InChI=1S/C21H21N3OS/c1-15(2)12-22-21-24(23-13-17-5-4-6-19(25)11-17)20(14-26-21)18-9-7-16(3)8-10-18/h4-11,13-14,25H,1,12H2,2-3H3. The highest BCUT2D eigenvalue weighted by molar-refractivity contribution is 7.07. The van der Waals surface area contributed by atoms with Crippen LogP contribution in [0.2, 0.25) is 0 Å². The van der Waals surface area contributed by atoms with Gasteiger partial charge in [0.15, 0.2) is 0 Å². The number of phenols is 1. The number of aromatic nitrogens is 1. The van der Waals surface area contributed by atoms with E-state index in [2.05, 4.69) is 53.2 Å². The van der Waals surface area contributed by atoms with Crippen LogP contribution in [0.15, 0.2) is 76.2 Å². The van der Waals surface area contributed by atoms with Crippen molar-refractivity contribution in [3.05, 3.63) is 82.0 Å². The third kappa shape index (κ3) is 4.37. The maximum Gasteiger partial charge on any atom is 0.206 e. The average Bonchev–Trinajstić information content (AvgIpc) is 3.02. The van der Waals surface area contributed by atoms with Gasteiger partial charge in [0.2, 0.25) is 4.80 Å². The predicted molar refractivity (Wildman–Crippen MR) is 109 cm³/mol. The van der Waals surface area contributed by atoms with E-state index in [-0.39, 0.29) is 5.75 Å². The molecule has 0 spiro atoms. The minimum Gasteiger partial charge on any atom is -0.508 e. The number of benzene rings is 2. The lowest BCUT2D eigenvalue weighted by atomic mass is 10.1. The molecule has 1 aromatic heterocycles. The van der Waals surface area contributed by atoms with Crippen molar-refractivity contribution in [3.8, 4) is 17.0 Å². The van der Waals surface area contributed by atoms with Crippen molar-refractivity contribution in [2.45, 2.75) is 13.8 Å². The number of hydrogen-bond donors (Lipinski definition) is 1. The van der Waals surface area contributed by atoms with Crippen LogP contribution in [0.5, 0.6) is 5.75 Å². The van der Waals surface area contributed by atoms with Gasteiger partial charge in [0.25, 0.3) is 0 Å². The lowest BCUT2D eigenvalue weighted by Gasteiger charge is -2.04. The molecule has 1 N–H and O–H groups in total. The Balaban J connectivity index is 2.07. The van der Waals surface area contributed by atoms with E-state index >= 15 is 0 Å². The zero-order valence-corrected chi connectivity index (χ0v) is 15.7. The molecule has 0 bridgehead atoms. The van der Waals surface area contributed by atoms with E-state index in [4.69, 9.17) is 0 Å². The first kappa shape index (κ1) is 17.9. The van der Waals surface area contributed by atoms with Crippen LogP contribution in [0.4, 0.5) is 0 Å². The van der Waals surface area contributed by atoms with Crippen LogP contribution in [-0.2, 0) is 0 Å². The second-order valence-electron chi connectivity index (χ2n) is 6.19. The largest absolute Gasteiger partial charge is 0.508 e. The number of thiazole rings is 1. The molecule has 3 rings (SSSR count). The number of aromatic hydroxyl groups is 1. The summed E-state index contributed by atoms with van der Waals surface area (Å²) in [6.45, 7) is 8.50. The summed E-state index contributed by atoms with van der Waals surface area (Å²) < 4.78 is 1.84. The lowest BCUT2D eigenvalue weighted by Crippen LogP contribution is -2.13. The van der Waals surface area contributed by atoms with Crippen LogP contribution in [0.1, 0.15) is 18.1 Å². The molecule has 132 valence electrons. The number of aryl methyl sites for hydroxylation is 1. The molecule has 0 saturated heterocycles. The highest BCUT2D eigenvalue weighted by atomic mass is 32.1. The van der Waals surface area contributed by atoms with Gasteiger partial charge in [0, 0.05) is 10.9 Å². The van der Waals surface area contributed by atoms with Crippen LogP contribution in [0.3, 0.4) is 0 Å². The zero-order valence-electron chi connectivity index (χ0n) is 14.9. The molecule has 0 amide bonds. The van der Waals surface area contributed by atoms with E-state index in [1.54, 1.807) is 35.8 Å². The van der Waals surface area contributed by atoms with E-state index in [1.807, 2.05) is 17.7 Å². The molecule has 0 atom stereocenters. The maximum atomic E-state index is 9.63. The Morgan fingerprint density at radius 3 is 2.69 bits per heavy atom. The molecule has 0 unspecified atom stereocenters. The fourth-order valence-corrected chi connectivity index (χ4v) is 3.21. The fraction of sp³-hybridized carbons (Fsp3) is 0.143. The van der Waals surface area contributed by atoms with Crippen molar-refractivity contribution in [1.29, 1.82) is 0 Å². The van der Waals surface area contributed by atoms with Crippen LogP contribution in [0, 0.1) is 6.92 Å². The average molecular weight is 363 g/mol. The first-order valence-corrected chi connectivity index (χ1v) is 9.17. The molecule has 26 heavy (non-hydrogen) atoms. The second-order valence-corrected chi connectivity index (χ2v) is 7.03. The van der Waals surface area contributed by atoms with Gasteiger partial charge in [-0.1, -0.05) is 54.1 Å². The molecular formula is C21H21N3OS. The minimum atomic E-state index is 0.218. The summed E-state index contributed by atoms with van der Waals surface area (Å²) in [6.07, 6.45) is 1.73. The van der Waals surface area contributed by atoms with Gasteiger partial charge in [-0.05, 0) is 31.5 Å². The van der Waals surface area contributed by atoms with Crippen molar-refractivity contribution in [2.24, 2.45) is 10.1 Å². The summed E-state index contributed by atoms with van der Waals surface area (Å²) in [5, 5.41) is 16.3. The SMILES string of the molecule is C=C(C)CN=c1scc(-c2ccc(C)cc2)n1N=Cc1cccc(O)c1. The number of nitrogens with zero attached hydrogens (tertiary/aromatic N) is 3. The smallest absolute Gasteiger partial charge is 0.206 e. The Bertz CT molecular complexity index is 1010. The van der Waals surface area contributed by atoms with E-state index in [0.717, 1.165) is 27.2 Å². The Morgan fingerprint density at radius 1 is 1.23 bits per heavy atom. The molecule has 1 heterocycles. The third-order valence-corrected chi connectivity index (χ3v) is 4.56. The molecule has 0 aliphatic carbocycles. The van der Waals surface area contributed by atoms with E-state index in [0.29, 0.717) is 6.54 Å². The molecule has 0 radical (unpaired) electrons. The van der Waals surface area contributed by atoms with Crippen LogP contribution >= 0.6 is 11.3 Å². The van der Waals surface area contributed by atoms with Crippen LogP contribution in [-0.4, -0.2) is 22.5 Å². The molecule has 0 saturated carbocycles. The summed E-state index contributed by atoms with van der Waals surface area (Å²) in [7, 11) is 0. The number of rotatable bonds is 5. The highest BCUT2D eigenvalue weighted by Crippen LogP contribution is 2.21. The summed E-state index contributed by atoms with van der Waals surface area (Å²) in [5.41, 5.74) is 5.10. The van der Waals surface area contributed by atoms with Crippen molar-refractivity contribution >= 4 is 17.6 Å². The van der Waals surface area contributed by atoms with E-state index in [1.165, 1.54) is 5.56 Å². The van der Waals surface area contributed by atoms with Gasteiger partial charge >= 0.3 is 0 Å². The first-order valence-electron chi connectivity index (χ1n) is 8.29. The Morgan fingerprint density at radius 2 is 2.00 bits per heavy atom. The summed E-state index contributed by atoms with van der Waals surface area (Å²) in [4.78, 5) is 5.42. The van der Waals surface area contributed by atoms with Crippen molar-refractivity contribution in [3.63, 3.8) is 0 Å². The van der Waals surface area contributed by atoms with Gasteiger partial charge in [-0.3, -0.25) is 4.99 Å². The first-order chi connectivity index (χ1) is 12.5. The zero-order chi connectivity index (χ0) is 18.5. The molecule has 5 heteroatoms. The topological polar surface area (TPSA) is 49.9 Å². The summed E-state index contributed by atoms with van der Waals surface area (Å²) in [6, 6.07) is 15.3. The van der Waals surface area contributed by atoms with Gasteiger partial charge in [-0.15, -0.1) is 11.3 Å². The van der Waals surface area contributed by atoms with Crippen molar-refractivity contribution in [2.75, 3.05) is 6.54 Å². The van der Waals surface area contributed by atoms with Gasteiger partial charge in [0.1, 0.15) is 5.75 Å². The van der Waals surface area contributed by atoms with Gasteiger partial charge in [-0.25, -0.2) is 4.68 Å². The van der Waals surface area contributed by atoms with Gasteiger partial charge in [-0.2, -0.15) is 5.10 Å². The summed E-state index contributed by atoms with van der Waals surface area (Å²) >= 11 is 1.55. The quantitative estimate of drug-likeness (QED) is 0.523. The molecule has 0 aliphatic heterocycles. The van der Waals surface area contributed by atoms with Gasteiger partial charge < -0.3 is 5.11 Å². The second kappa shape index (κ2) is 7.97. The van der Waals surface area contributed by atoms with Crippen LogP contribution in [0.25, 0.3) is 11.3 Å². The minimum absolute atomic E-state index is 0.218. The van der Waals surface area contributed by atoms with Crippen molar-refractivity contribution < 1.29 is 5.11 Å². The molecule has 2 aromatic carbocycles. The predicted octanol–water partition coefficient (Wildman–Crippen LogP) is 4.59. The van der Waals surface area contributed by atoms with E-state index < -0.39 is 0 Å². The highest BCUT2D eigenvalue weighted by Gasteiger charge is 2.07. The van der Waals surface area contributed by atoms with Crippen LogP contribution < -0.4 is 4.80 Å². The molecule has 0 aliphatic rings. The van der Waals surface area contributed by atoms with Gasteiger partial charge in [0.05, 0.1) is 18.5 Å². The normalized spacial score (nSPS) is 12.0. The Hall–Kier alpha value is -2.92. The molecule has 3 aromatic rings. The van der Waals surface area contributed by atoms with Crippen molar-refractivity contribution in [1.82, 2.24) is 4.68 Å². The molecular weight excluding hydrogens is 342 g/mol. The third-order valence-electron chi connectivity index (χ3n) is 3.71. The number of hydrogen-bond acceptors (Lipinski definition) is 4. The fourth-order valence-electron chi connectivity index (χ4n) is 2.37. The molecule has 0 fully saturated rings. The Kier molecular flexibility index (Phi) is 5.49. The molecule has 4 nitrogen and oxygen atoms in total. The number of phenolic OH excluding ortho intramolecular Hbond substituents is 1. The lowest BCUT2D eigenvalue weighted by molar-refractivity contribution is 0.475. The van der Waals surface area contributed by atoms with E-state index in [9.17, 15) is 5.11 Å². The maximum absolute atomic E-state index is 9.63. The monoisotopic (exact) mass is 363 g/mol.